The van der Waals surface area contributed by atoms with Crippen LogP contribution in [0.3, 0.4) is 0 Å². The van der Waals surface area contributed by atoms with Gasteiger partial charge in [-0.05, 0) is 116 Å². The smallest absolute Gasteiger partial charge is 0.133 e. The number of hydrogen-bond acceptors (Lipinski definition) is 10. The maximum absolute atomic E-state index is 12.5. The molecule has 5 N–H and O–H groups in total. The van der Waals surface area contributed by atoms with Gasteiger partial charge in [-0.2, -0.15) is 0 Å². The Labute approximate surface area is 320 Å². The molecule has 0 amide bonds. The highest BCUT2D eigenvalue weighted by molar-refractivity contribution is 5.96. The van der Waals surface area contributed by atoms with E-state index in [1.54, 1.807) is 68.8 Å². The molecule has 3 aliphatic rings. The summed E-state index contributed by atoms with van der Waals surface area (Å²) in [7, 11) is 3.20. The number of fused-ring (bicyclic) bond motifs is 4. The first-order valence-electron chi connectivity index (χ1n) is 19.1. The molecule has 1 aliphatic carbocycles. The Morgan fingerprint density at radius 2 is 1.51 bits per heavy atom. The molecule has 2 heterocycles. The van der Waals surface area contributed by atoms with E-state index >= 15 is 0 Å². The van der Waals surface area contributed by atoms with E-state index < -0.39 is 30.1 Å². The first-order valence-corrected chi connectivity index (χ1v) is 19.1. The standard InChI is InChI=1S/C45H48O10/c1-51-16-6-11-39-41(43(50)37-23-40(52-2)35-21-30(48)13-15-34(35)45(37)55-39)38-24-53-44-27(20-32(22-36(44)42(38)49)54-31-9-3-4-10-31)17-26-19-29(47)12-14-33(26)25-7-5-8-28(46)18-25/h5,7-8,12-15,18-23,31,38-39,41-43,46-50H,3-4,6,9-11,16-17,24H2,1-2H3/t38-,39-,41-,42-,43+/m1/s1. The van der Waals surface area contributed by atoms with E-state index in [4.69, 9.17) is 23.7 Å². The molecule has 0 unspecified atom stereocenters. The van der Waals surface area contributed by atoms with Crippen molar-refractivity contribution in [3.05, 3.63) is 101 Å². The van der Waals surface area contributed by atoms with Crippen molar-refractivity contribution in [1.29, 1.82) is 0 Å². The summed E-state index contributed by atoms with van der Waals surface area (Å²) in [5, 5.41) is 57.3. The number of phenols is 3. The molecule has 55 heavy (non-hydrogen) atoms. The van der Waals surface area contributed by atoms with Gasteiger partial charge in [-0.3, -0.25) is 0 Å². The third-order valence-electron chi connectivity index (χ3n) is 11.5. The number of aromatic hydroxyl groups is 3. The summed E-state index contributed by atoms with van der Waals surface area (Å²) < 4.78 is 31.1. The van der Waals surface area contributed by atoms with Crippen LogP contribution in [-0.2, 0) is 11.2 Å². The molecular weight excluding hydrogens is 700 g/mol. The predicted molar refractivity (Wildman–Crippen MR) is 207 cm³/mol. The van der Waals surface area contributed by atoms with Crippen molar-refractivity contribution in [2.45, 2.75) is 69.4 Å². The van der Waals surface area contributed by atoms with Crippen molar-refractivity contribution in [3.63, 3.8) is 0 Å². The zero-order chi connectivity index (χ0) is 38.2. The first kappa shape index (κ1) is 36.8. The molecule has 0 bridgehead atoms. The van der Waals surface area contributed by atoms with Crippen LogP contribution >= 0.6 is 0 Å². The van der Waals surface area contributed by atoms with Crippen molar-refractivity contribution in [2.75, 3.05) is 27.4 Å². The van der Waals surface area contributed by atoms with Crippen molar-refractivity contribution in [1.82, 2.24) is 0 Å². The van der Waals surface area contributed by atoms with Gasteiger partial charge in [0.05, 0.1) is 32.0 Å². The summed E-state index contributed by atoms with van der Waals surface area (Å²) in [5.74, 6) is 1.39. The number of ether oxygens (including phenoxy) is 5. The topological polar surface area (TPSA) is 147 Å². The van der Waals surface area contributed by atoms with Crippen LogP contribution in [0.5, 0.6) is 40.2 Å². The highest BCUT2D eigenvalue weighted by atomic mass is 16.5. The Morgan fingerprint density at radius 1 is 0.745 bits per heavy atom. The normalized spacial score (nSPS) is 22.1. The summed E-state index contributed by atoms with van der Waals surface area (Å²) in [5.41, 5.74) is 4.36. The van der Waals surface area contributed by atoms with Crippen LogP contribution < -0.4 is 18.9 Å². The molecule has 5 aromatic carbocycles. The van der Waals surface area contributed by atoms with E-state index in [1.165, 1.54) is 0 Å². The number of aliphatic hydroxyl groups is 2. The van der Waals surface area contributed by atoms with E-state index in [0.29, 0.717) is 70.8 Å². The third-order valence-corrected chi connectivity index (χ3v) is 11.5. The van der Waals surface area contributed by atoms with Crippen LogP contribution in [0.4, 0.5) is 0 Å². The van der Waals surface area contributed by atoms with Crippen molar-refractivity contribution in [2.24, 2.45) is 11.8 Å². The molecule has 288 valence electrons. The minimum Gasteiger partial charge on any atom is -0.508 e. The average molecular weight is 749 g/mol. The number of aliphatic hydroxyl groups excluding tert-OH is 2. The molecule has 10 heteroatoms. The second-order valence-corrected chi connectivity index (χ2v) is 15.1. The molecule has 8 rings (SSSR count). The van der Waals surface area contributed by atoms with Crippen molar-refractivity contribution >= 4 is 10.8 Å². The van der Waals surface area contributed by atoms with E-state index in [9.17, 15) is 25.5 Å². The fraction of sp³-hybridized carbons (Fsp3) is 0.378. The minimum absolute atomic E-state index is 0.0638. The lowest BCUT2D eigenvalue weighted by atomic mass is 9.72. The van der Waals surface area contributed by atoms with Gasteiger partial charge in [-0.25, -0.2) is 0 Å². The summed E-state index contributed by atoms with van der Waals surface area (Å²) in [6.07, 6.45) is 3.16. The van der Waals surface area contributed by atoms with Crippen LogP contribution in [0.2, 0.25) is 0 Å². The lowest BCUT2D eigenvalue weighted by Crippen LogP contribution is -2.46. The first-order chi connectivity index (χ1) is 26.7. The lowest BCUT2D eigenvalue weighted by molar-refractivity contribution is -0.0884. The van der Waals surface area contributed by atoms with Crippen molar-refractivity contribution < 1.29 is 49.2 Å². The molecule has 1 saturated carbocycles. The Kier molecular flexibility index (Phi) is 10.4. The second kappa shape index (κ2) is 15.5. The quantitative estimate of drug-likeness (QED) is 0.0840. The van der Waals surface area contributed by atoms with Gasteiger partial charge >= 0.3 is 0 Å². The zero-order valence-electron chi connectivity index (χ0n) is 31.1. The largest absolute Gasteiger partial charge is 0.508 e. The third kappa shape index (κ3) is 7.22. The number of benzene rings is 5. The maximum Gasteiger partial charge on any atom is 0.133 e. The van der Waals surface area contributed by atoms with Crippen LogP contribution in [0.15, 0.2) is 78.9 Å². The average Bonchev–Trinajstić information content (AvgIpc) is 3.69. The summed E-state index contributed by atoms with van der Waals surface area (Å²) in [6, 6.07) is 22.8. The number of rotatable bonds is 11. The van der Waals surface area contributed by atoms with Crippen LogP contribution in [0.25, 0.3) is 21.9 Å². The van der Waals surface area contributed by atoms with Gasteiger partial charge in [0.25, 0.3) is 0 Å². The van der Waals surface area contributed by atoms with Crippen molar-refractivity contribution in [3.8, 4) is 51.4 Å². The molecule has 0 saturated heterocycles. The summed E-state index contributed by atoms with van der Waals surface area (Å²) >= 11 is 0. The maximum atomic E-state index is 12.5. The molecule has 10 nitrogen and oxygen atoms in total. The number of hydrogen-bond donors (Lipinski definition) is 5. The Balaban J connectivity index is 1.20. The van der Waals surface area contributed by atoms with E-state index in [2.05, 4.69) is 0 Å². The molecule has 1 fully saturated rings. The zero-order valence-corrected chi connectivity index (χ0v) is 31.1. The van der Waals surface area contributed by atoms with Gasteiger partial charge in [0.15, 0.2) is 0 Å². The van der Waals surface area contributed by atoms with E-state index in [1.807, 2.05) is 24.3 Å². The Hall–Kier alpha value is -5.16. The van der Waals surface area contributed by atoms with Crippen LogP contribution in [-0.4, -0.2) is 65.2 Å². The van der Waals surface area contributed by atoms with Gasteiger partial charge in [0.2, 0.25) is 0 Å². The lowest BCUT2D eigenvalue weighted by Gasteiger charge is -2.45. The monoisotopic (exact) mass is 748 g/mol. The summed E-state index contributed by atoms with van der Waals surface area (Å²) in [4.78, 5) is 0. The Morgan fingerprint density at radius 3 is 2.29 bits per heavy atom. The minimum atomic E-state index is -1.04. The predicted octanol–water partition coefficient (Wildman–Crippen LogP) is 8.12. The van der Waals surface area contributed by atoms with E-state index in [-0.39, 0.29) is 30.0 Å². The van der Waals surface area contributed by atoms with Gasteiger partial charge in [0, 0.05) is 59.4 Å². The number of phenolic OH excluding ortho intramolecular Hbond substituents is 3. The molecule has 0 aromatic heterocycles. The highest BCUT2D eigenvalue weighted by Gasteiger charge is 2.48. The van der Waals surface area contributed by atoms with Crippen LogP contribution in [0, 0.1) is 11.8 Å². The van der Waals surface area contributed by atoms with Gasteiger partial charge in [0.1, 0.15) is 46.4 Å². The van der Waals surface area contributed by atoms with Gasteiger partial charge < -0.3 is 49.2 Å². The molecule has 2 aliphatic heterocycles. The van der Waals surface area contributed by atoms with E-state index in [0.717, 1.165) is 47.9 Å². The molecule has 0 spiro atoms. The van der Waals surface area contributed by atoms with Gasteiger partial charge in [-0.1, -0.05) is 18.2 Å². The molecule has 5 aromatic rings. The Bertz CT molecular complexity index is 2180. The molecule has 0 radical (unpaired) electrons. The van der Waals surface area contributed by atoms with Crippen LogP contribution in [0.1, 0.15) is 73.0 Å². The number of methoxy groups -OCH3 is 2. The summed E-state index contributed by atoms with van der Waals surface area (Å²) in [6.45, 7) is 0.618. The highest BCUT2D eigenvalue weighted by Crippen LogP contribution is 2.53. The van der Waals surface area contributed by atoms with Gasteiger partial charge in [-0.15, -0.1) is 0 Å². The fourth-order valence-corrected chi connectivity index (χ4v) is 8.91. The molecule has 5 atom stereocenters. The molecular formula is C45H48O10. The second-order valence-electron chi connectivity index (χ2n) is 15.1. The fourth-order valence-electron chi connectivity index (χ4n) is 8.91. The SMILES string of the molecule is COCCC[C@H]1Oc2c(cc(OC)c3cc(O)ccc23)[C@H](O)[C@@H]1[C@H]1COc2c(Cc3cc(O)ccc3-c3cccc(O)c3)cc(OC3CCCC3)cc2[C@H]1O.